The van der Waals surface area contributed by atoms with Crippen molar-refractivity contribution < 1.29 is 9.59 Å². The molecular formula is C17H22N6O3. The lowest BCUT2D eigenvalue weighted by atomic mass is 9.97. The highest BCUT2D eigenvalue weighted by atomic mass is 16.2. The Morgan fingerprint density at radius 3 is 3.00 bits per heavy atom. The SMILES string of the molecule is Cc1cnn(CC(=O)NCC2CCCN(C(=O)c3ncc[nH]c3=O)C2)c1. The number of hydrogen-bond acceptors (Lipinski definition) is 5. The third kappa shape index (κ3) is 4.35. The molecule has 0 bridgehead atoms. The fraction of sp³-hybridized carbons (Fsp3) is 0.471. The van der Waals surface area contributed by atoms with Gasteiger partial charge >= 0.3 is 0 Å². The average Bonchev–Trinajstić information content (AvgIpc) is 3.05. The molecular weight excluding hydrogens is 336 g/mol. The van der Waals surface area contributed by atoms with E-state index >= 15 is 0 Å². The maximum absolute atomic E-state index is 12.5. The van der Waals surface area contributed by atoms with E-state index in [-0.39, 0.29) is 30.0 Å². The Balaban J connectivity index is 1.52. The Kier molecular flexibility index (Phi) is 5.45. The maximum atomic E-state index is 12.5. The van der Waals surface area contributed by atoms with Crippen LogP contribution < -0.4 is 10.9 Å². The summed E-state index contributed by atoms with van der Waals surface area (Å²) in [5, 5.41) is 6.99. The van der Waals surface area contributed by atoms with Crippen molar-refractivity contribution in [2.45, 2.75) is 26.3 Å². The molecule has 1 fully saturated rings. The highest BCUT2D eigenvalue weighted by molar-refractivity contribution is 5.91. The van der Waals surface area contributed by atoms with Crippen molar-refractivity contribution in [1.82, 2.24) is 30.0 Å². The zero-order chi connectivity index (χ0) is 18.5. The van der Waals surface area contributed by atoms with Gasteiger partial charge in [-0.05, 0) is 31.2 Å². The fourth-order valence-corrected chi connectivity index (χ4v) is 3.08. The van der Waals surface area contributed by atoms with Crippen LogP contribution in [0.4, 0.5) is 0 Å². The predicted molar refractivity (Wildman–Crippen MR) is 93.5 cm³/mol. The largest absolute Gasteiger partial charge is 0.354 e. The summed E-state index contributed by atoms with van der Waals surface area (Å²) in [5.41, 5.74) is 0.428. The van der Waals surface area contributed by atoms with Gasteiger partial charge in [-0.15, -0.1) is 0 Å². The van der Waals surface area contributed by atoms with Crippen molar-refractivity contribution in [2.24, 2.45) is 5.92 Å². The van der Waals surface area contributed by atoms with E-state index in [1.54, 1.807) is 15.8 Å². The van der Waals surface area contributed by atoms with E-state index in [0.717, 1.165) is 18.4 Å². The number of aryl methyl sites for hydroxylation is 1. The number of amides is 2. The quantitative estimate of drug-likeness (QED) is 0.778. The van der Waals surface area contributed by atoms with E-state index in [1.165, 1.54) is 12.4 Å². The second kappa shape index (κ2) is 7.94. The van der Waals surface area contributed by atoms with Crippen molar-refractivity contribution in [1.29, 1.82) is 0 Å². The minimum absolute atomic E-state index is 0.0914. The number of aromatic amines is 1. The van der Waals surface area contributed by atoms with Crippen LogP contribution in [0.3, 0.4) is 0 Å². The number of nitrogens with zero attached hydrogens (tertiary/aromatic N) is 4. The summed E-state index contributed by atoms with van der Waals surface area (Å²) in [4.78, 5) is 44.3. The molecule has 9 heteroatoms. The van der Waals surface area contributed by atoms with Gasteiger partial charge in [0.2, 0.25) is 5.91 Å². The first kappa shape index (κ1) is 17.8. The topological polar surface area (TPSA) is 113 Å². The van der Waals surface area contributed by atoms with Crippen LogP contribution in [0.2, 0.25) is 0 Å². The van der Waals surface area contributed by atoms with Crippen LogP contribution in [0, 0.1) is 12.8 Å². The lowest BCUT2D eigenvalue weighted by Crippen LogP contribution is -2.45. The summed E-state index contributed by atoms with van der Waals surface area (Å²) in [6.07, 6.45) is 8.06. The lowest BCUT2D eigenvalue weighted by Gasteiger charge is -2.32. The normalized spacial score (nSPS) is 17.1. The van der Waals surface area contributed by atoms with Gasteiger partial charge in [0.05, 0.1) is 6.20 Å². The minimum Gasteiger partial charge on any atom is -0.354 e. The van der Waals surface area contributed by atoms with Crippen molar-refractivity contribution >= 4 is 11.8 Å². The van der Waals surface area contributed by atoms with Crippen LogP contribution in [-0.2, 0) is 11.3 Å². The molecule has 1 aliphatic rings. The molecule has 2 aromatic heterocycles. The first-order valence-corrected chi connectivity index (χ1v) is 8.61. The number of likely N-dealkylation sites (tertiary alicyclic amines) is 1. The molecule has 1 aliphatic heterocycles. The highest BCUT2D eigenvalue weighted by Gasteiger charge is 2.26. The number of H-pyrrole nitrogens is 1. The van der Waals surface area contributed by atoms with E-state index < -0.39 is 5.56 Å². The molecule has 2 amide bonds. The Bertz CT molecular complexity index is 843. The van der Waals surface area contributed by atoms with Crippen LogP contribution in [0.1, 0.15) is 28.9 Å². The van der Waals surface area contributed by atoms with Crippen LogP contribution in [0.15, 0.2) is 29.6 Å². The molecule has 26 heavy (non-hydrogen) atoms. The minimum atomic E-state index is -0.484. The highest BCUT2D eigenvalue weighted by Crippen LogP contribution is 2.17. The summed E-state index contributed by atoms with van der Waals surface area (Å²) in [5.74, 6) is -0.327. The number of piperidine rings is 1. The van der Waals surface area contributed by atoms with E-state index in [2.05, 4.69) is 20.4 Å². The molecule has 2 aromatic rings. The lowest BCUT2D eigenvalue weighted by molar-refractivity contribution is -0.122. The Morgan fingerprint density at radius 1 is 1.42 bits per heavy atom. The molecule has 9 nitrogen and oxygen atoms in total. The number of carbonyl (C=O) groups excluding carboxylic acids is 2. The second-order valence-corrected chi connectivity index (χ2v) is 6.55. The Morgan fingerprint density at radius 2 is 2.27 bits per heavy atom. The number of rotatable bonds is 5. The first-order valence-electron chi connectivity index (χ1n) is 8.61. The standard InChI is InChI=1S/C17H22N6O3/c1-12-7-21-23(9-12)11-14(24)20-8-13-3-2-6-22(10-13)17(26)15-16(25)19-5-4-18-15/h4-5,7,9,13H,2-3,6,8,10-11H2,1H3,(H,19,25)(H,20,24). The van der Waals surface area contributed by atoms with Gasteiger partial charge in [0, 0.05) is 38.2 Å². The molecule has 1 saturated heterocycles. The molecule has 138 valence electrons. The van der Waals surface area contributed by atoms with Gasteiger partial charge in [0.15, 0.2) is 5.69 Å². The third-order valence-electron chi connectivity index (χ3n) is 4.37. The molecule has 3 heterocycles. The summed E-state index contributed by atoms with van der Waals surface area (Å²) in [7, 11) is 0. The summed E-state index contributed by atoms with van der Waals surface area (Å²) in [6.45, 7) is 3.66. The van der Waals surface area contributed by atoms with Crippen LogP contribution >= 0.6 is 0 Å². The molecule has 1 atom stereocenters. The van der Waals surface area contributed by atoms with Crippen molar-refractivity contribution in [3.63, 3.8) is 0 Å². The molecule has 0 aliphatic carbocycles. The molecule has 2 N–H and O–H groups in total. The molecule has 0 aromatic carbocycles. The molecule has 3 rings (SSSR count). The van der Waals surface area contributed by atoms with Gasteiger partial charge in [-0.3, -0.25) is 19.1 Å². The average molecular weight is 358 g/mol. The van der Waals surface area contributed by atoms with Crippen molar-refractivity contribution in [2.75, 3.05) is 19.6 Å². The molecule has 0 radical (unpaired) electrons. The monoisotopic (exact) mass is 358 g/mol. The number of carbonyl (C=O) groups is 2. The summed E-state index contributed by atoms with van der Waals surface area (Å²) >= 11 is 0. The molecule has 0 saturated carbocycles. The number of aromatic nitrogens is 4. The van der Waals surface area contributed by atoms with Gasteiger partial charge in [-0.1, -0.05) is 0 Å². The van der Waals surface area contributed by atoms with Gasteiger partial charge in [-0.2, -0.15) is 5.10 Å². The third-order valence-corrected chi connectivity index (χ3v) is 4.37. The Labute approximate surface area is 150 Å². The zero-order valence-corrected chi connectivity index (χ0v) is 14.6. The Hall–Kier alpha value is -2.97. The first-order chi connectivity index (χ1) is 12.5. The van der Waals surface area contributed by atoms with Crippen LogP contribution in [-0.4, -0.2) is 56.1 Å². The van der Waals surface area contributed by atoms with Crippen LogP contribution in [0.25, 0.3) is 0 Å². The maximum Gasteiger partial charge on any atom is 0.279 e. The van der Waals surface area contributed by atoms with E-state index in [0.29, 0.717) is 19.6 Å². The van der Waals surface area contributed by atoms with Gasteiger partial charge in [0.1, 0.15) is 6.54 Å². The predicted octanol–water partition coefficient (Wildman–Crippen LogP) is -0.0566. The smallest absolute Gasteiger partial charge is 0.279 e. The second-order valence-electron chi connectivity index (χ2n) is 6.55. The summed E-state index contributed by atoms with van der Waals surface area (Å²) in [6, 6.07) is 0. The zero-order valence-electron chi connectivity index (χ0n) is 14.6. The van der Waals surface area contributed by atoms with Crippen molar-refractivity contribution in [3.8, 4) is 0 Å². The molecule has 1 unspecified atom stereocenters. The van der Waals surface area contributed by atoms with E-state index in [1.807, 2.05) is 13.1 Å². The van der Waals surface area contributed by atoms with Gasteiger partial charge in [-0.25, -0.2) is 4.98 Å². The van der Waals surface area contributed by atoms with Gasteiger partial charge in [0.25, 0.3) is 11.5 Å². The van der Waals surface area contributed by atoms with Gasteiger partial charge < -0.3 is 15.2 Å². The fourth-order valence-electron chi connectivity index (χ4n) is 3.08. The summed E-state index contributed by atoms with van der Waals surface area (Å²) < 4.78 is 1.59. The van der Waals surface area contributed by atoms with E-state index in [4.69, 9.17) is 0 Å². The van der Waals surface area contributed by atoms with Crippen molar-refractivity contribution in [3.05, 3.63) is 46.4 Å². The van der Waals surface area contributed by atoms with E-state index in [9.17, 15) is 14.4 Å². The number of nitrogens with one attached hydrogen (secondary N) is 2. The molecule has 0 spiro atoms. The number of hydrogen-bond donors (Lipinski definition) is 2. The van der Waals surface area contributed by atoms with Crippen LogP contribution in [0.5, 0.6) is 0 Å².